The van der Waals surface area contributed by atoms with Crippen molar-refractivity contribution in [1.82, 2.24) is 15.3 Å². The van der Waals surface area contributed by atoms with Crippen LogP contribution in [0, 0.1) is 0 Å². The molecule has 2 amide bonds. The van der Waals surface area contributed by atoms with Crippen LogP contribution >= 0.6 is 0 Å². The average Bonchev–Trinajstić information content (AvgIpc) is 1.88. The Bertz CT molecular complexity index is 135. The molecule has 58 valence electrons. The smallest absolute Gasteiger partial charge is 0.331 e. The van der Waals surface area contributed by atoms with Crippen molar-refractivity contribution in [2.45, 2.75) is 6.42 Å². The molecule has 1 rings (SSSR count). The molecule has 0 atom stereocenters. The molecule has 1 aliphatic rings. The van der Waals surface area contributed by atoms with E-state index >= 15 is 0 Å². The zero-order valence-corrected chi connectivity index (χ0v) is 6.42. The third-order valence-corrected chi connectivity index (χ3v) is 1.54. The minimum Gasteiger partial charge on any atom is -0.337 e. The molecule has 4 nitrogen and oxygen atoms in total. The lowest BCUT2D eigenvalue weighted by Crippen LogP contribution is -2.52. The van der Waals surface area contributed by atoms with Gasteiger partial charge < -0.3 is 5.32 Å². The first kappa shape index (κ1) is 7.34. The molecule has 1 fully saturated rings. The molecule has 1 aliphatic heterocycles. The van der Waals surface area contributed by atoms with Crippen molar-refractivity contribution in [2.75, 3.05) is 27.2 Å². The molecular weight excluding hydrogens is 130 g/mol. The molecule has 0 aromatic carbocycles. The Morgan fingerprint density at radius 3 is 2.70 bits per heavy atom. The Balaban J connectivity index is 2.48. The van der Waals surface area contributed by atoms with E-state index in [-0.39, 0.29) is 6.03 Å². The van der Waals surface area contributed by atoms with Crippen LogP contribution in [0.1, 0.15) is 6.42 Å². The van der Waals surface area contributed by atoms with Crippen molar-refractivity contribution < 1.29 is 4.79 Å². The summed E-state index contributed by atoms with van der Waals surface area (Å²) in [4.78, 5) is 11.0. The molecule has 0 spiro atoms. The number of rotatable bonds is 1. The van der Waals surface area contributed by atoms with Crippen molar-refractivity contribution in [3.63, 3.8) is 0 Å². The molecule has 0 radical (unpaired) electrons. The van der Waals surface area contributed by atoms with E-state index in [1.165, 1.54) is 0 Å². The van der Waals surface area contributed by atoms with Crippen molar-refractivity contribution in [1.29, 1.82) is 0 Å². The fraction of sp³-hybridized carbons (Fsp3) is 0.833. The maximum absolute atomic E-state index is 11.0. The Morgan fingerprint density at radius 1 is 1.60 bits per heavy atom. The van der Waals surface area contributed by atoms with Gasteiger partial charge in [0, 0.05) is 27.2 Å². The summed E-state index contributed by atoms with van der Waals surface area (Å²) in [6.45, 7) is 1.64. The third-order valence-electron chi connectivity index (χ3n) is 1.54. The second-order valence-electron chi connectivity index (χ2n) is 2.56. The monoisotopic (exact) mass is 143 g/mol. The van der Waals surface area contributed by atoms with Crippen LogP contribution in [0.15, 0.2) is 0 Å². The number of nitrogens with one attached hydrogen (secondary N) is 1. The zero-order chi connectivity index (χ0) is 7.56. The normalized spacial score (nSPS) is 19.5. The Hall–Kier alpha value is -0.770. The van der Waals surface area contributed by atoms with E-state index in [4.69, 9.17) is 0 Å². The van der Waals surface area contributed by atoms with Crippen LogP contribution in [0.5, 0.6) is 0 Å². The van der Waals surface area contributed by atoms with E-state index in [0.29, 0.717) is 0 Å². The first-order valence-corrected chi connectivity index (χ1v) is 3.44. The van der Waals surface area contributed by atoms with Gasteiger partial charge in [0.15, 0.2) is 0 Å². The summed E-state index contributed by atoms with van der Waals surface area (Å²) >= 11 is 0. The van der Waals surface area contributed by atoms with Crippen LogP contribution in [0.2, 0.25) is 0 Å². The van der Waals surface area contributed by atoms with Gasteiger partial charge in [0.2, 0.25) is 0 Å². The number of hydrogen-bond donors (Lipinski definition) is 1. The van der Waals surface area contributed by atoms with Gasteiger partial charge in [-0.1, -0.05) is 0 Å². The highest BCUT2D eigenvalue weighted by Crippen LogP contribution is 1.99. The lowest BCUT2D eigenvalue weighted by molar-refractivity contribution is 0.0517. The minimum atomic E-state index is 0.0104. The van der Waals surface area contributed by atoms with Crippen molar-refractivity contribution in [3.8, 4) is 0 Å². The van der Waals surface area contributed by atoms with Gasteiger partial charge in [-0.05, 0) is 6.42 Å². The van der Waals surface area contributed by atoms with Crippen LogP contribution in [0.25, 0.3) is 0 Å². The van der Waals surface area contributed by atoms with Gasteiger partial charge in [-0.3, -0.25) is 5.01 Å². The van der Waals surface area contributed by atoms with Crippen molar-refractivity contribution in [2.24, 2.45) is 0 Å². The number of carbonyl (C=O) groups excluding carboxylic acids is 1. The molecular formula is C6H13N3O. The molecule has 10 heavy (non-hydrogen) atoms. The van der Waals surface area contributed by atoms with E-state index < -0.39 is 0 Å². The molecule has 0 aromatic rings. The Morgan fingerprint density at radius 2 is 2.30 bits per heavy atom. The van der Waals surface area contributed by atoms with Crippen LogP contribution in [0.4, 0.5) is 4.79 Å². The Kier molecular flexibility index (Phi) is 2.11. The number of hydrazine groups is 1. The minimum absolute atomic E-state index is 0.0104. The van der Waals surface area contributed by atoms with Gasteiger partial charge in [0.1, 0.15) is 0 Å². The largest absolute Gasteiger partial charge is 0.337 e. The molecule has 0 aliphatic carbocycles. The molecule has 0 saturated carbocycles. The highest BCUT2D eigenvalue weighted by Gasteiger charge is 2.18. The van der Waals surface area contributed by atoms with E-state index in [9.17, 15) is 4.79 Å². The predicted octanol–water partition coefficient (Wildman–Crippen LogP) is -0.122. The lowest BCUT2D eigenvalue weighted by atomic mass is 10.3. The van der Waals surface area contributed by atoms with Crippen LogP contribution in [-0.4, -0.2) is 43.2 Å². The summed E-state index contributed by atoms with van der Waals surface area (Å²) in [6.07, 6.45) is 1.03. The van der Waals surface area contributed by atoms with Crippen LogP contribution in [-0.2, 0) is 0 Å². The first-order chi connectivity index (χ1) is 4.72. The number of hydrogen-bond acceptors (Lipinski definition) is 2. The van der Waals surface area contributed by atoms with E-state index in [1.807, 2.05) is 14.1 Å². The zero-order valence-electron chi connectivity index (χ0n) is 6.42. The average molecular weight is 143 g/mol. The first-order valence-electron chi connectivity index (χ1n) is 3.44. The standard InChI is InChI=1S/C6H13N3O/c1-8(2)9-5-3-4-7-6(9)10/h3-5H2,1-2H3,(H,7,10). The van der Waals surface area contributed by atoms with Gasteiger partial charge >= 0.3 is 6.03 Å². The summed E-state index contributed by atoms with van der Waals surface area (Å²) in [7, 11) is 3.73. The van der Waals surface area contributed by atoms with E-state index in [2.05, 4.69) is 5.32 Å². The molecule has 1 heterocycles. The molecule has 4 heteroatoms. The lowest BCUT2D eigenvalue weighted by Gasteiger charge is -2.32. The fourth-order valence-corrected chi connectivity index (χ4v) is 0.999. The molecule has 1 N–H and O–H groups in total. The van der Waals surface area contributed by atoms with Gasteiger partial charge in [0.25, 0.3) is 0 Å². The quantitative estimate of drug-likeness (QED) is 0.555. The summed E-state index contributed by atoms with van der Waals surface area (Å²) in [5, 5.41) is 6.24. The maximum Gasteiger partial charge on any atom is 0.331 e. The third kappa shape index (κ3) is 1.39. The number of urea groups is 1. The SMILES string of the molecule is CN(C)N1CCCNC1=O. The molecule has 0 bridgehead atoms. The number of amides is 2. The van der Waals surface area contributed by atoms with Crippen molar-refractivity contribution in [3.05, 3.63) is 0 Å². The topological polar surface area (TPSA) is 35.6 Å². The molecule has 0 unspecified atom stereocenters. The highest BCUT2D eigenvalue weighted by atomic mass is 16.2. The van der Waals surface area contributed by atoms with Crippen LogP contribution in [0.3, 0.4) is 0 Å². The van der Waals surface area contributed by atoms with Gasteiger partial charge in [-0.25, -0.2) is 9.80 Å². The predicted molar refractivity (Wildman–Crippen MR) is 38.4 cm³/mol. The summed E-state index contributed by atoms with van der Waals surface area (Å²) in [6, 6.07) is 0.0104. The maximum atomic E-state index is 11.0. The summed E-state index contributed by atoms with van der Waals surface area (Å²) < 4.78 is 0. The molecule has 0 aromatic heterocycles. The summed E-state index contributed by atoms with van der Waals surface area (Å²) in [5.41, 5.74) is 0. The summed E-state index contributed by atoms with van der Waals surface area (Å²) in [5.74, 6) is 0. The second kappa shape index (κ2) is 2.88. The van der Waals surface area contributed by atoms with E-state index in [0.717, 1.165) is 19.5 Å². The number of nitrogens with zero attached hydrogens (tertiary/aromatic N) is 2. The molecule has 1 saturated heterocycles. The van der Waals surface area contributed by atoms with Gasteiger partial charge in [0.05, 0.1) is 0 Å². The van der Waals surface area contributed by atoms with Gasteiger partial charge in [-0.15, -0.1) is 0 Å². The second-order valence-corrected chi connectivity index (χ2v) is 2.56. The van der Waals surface area contributed by atoms with Crippen molar-refractivity contribution >= 4 is 6.03 Å². The fourth-order valence-electron chi connectivity index (χ4n) is 0.999. The highest BCUT2D eigenvalue weighted by molar-refractivity contribution is 5.74. The van der Waals surface area contributed by atoms with Gasteiger partial charge in [-0.2, -0.15) is 0 Å². The Labute approximate surface area is 60.8 Å². The number of carbonyl (C=O) groups is 1. The van der Waals surface area contributed by atoms with E-state index in [1.54, 1.807) is 10.0 Å². The van der Waals surface area contributed by atoms with Crippen LogP contribution < -0.4 is 5.32 Å².